The lowest BCUT2D eigenvalue weighted by molar-refractivity contribution is -0.137. The van der Waals surface area contributed by atoms with Gasteiger partial charge in [0.2, 0.25) is 0 Å². The zero-order chi connectivity index (χ0) is 18.2. The molecule has 2 rings (SSSR count). The van der Waals surface area contributed by atoms with E-state index < -0.39 is 30.1 Å². The van der Waals surface area contributed by atoms with Gasteiger partial charge < -0.3 is 18.8 Å². The van der Waals surface area contributed by atoms with Crippen molar-refractivity contribution in [3.63, 3.8) is 0 Å². The number of hydrogen-bond acceptors (Lipinski definition) is 4. The lowest BCUT2D eigenvalue weighted by atomic mass is 9.78. The van der Waals surface area contributed by atoms with Crippen molar-refractivity contribution in [1.82, 2.24) is 0 Å². The molecule has 0 aliphatic carbocycles. The smallest absolute Gasteiger partial charge is 0.492 e. The van der Waals surface area contributed by atoms with Gasteiger partial charge in [-0.05, 0) is 33.8 Å². The van der Waals surface area contributed by atoms with E-state index >= 15 is 0 Å². The van der Waals surface area contributed by atoms with E-state index in [0.717, 1.165) is 12.1 Å². The minimum atomic E-state index is -4.45. The molecule has 8 heteroatoms. The predicted octanol–water partition coefficient (Wildman–Crippen LogP) is 3.03. The summed E-state index contributed by atoms with van der Waals surface area (Å²) in [7, 11) is 0.694. The maximum Gasteiger partial charge on any atom is 0.498 e. The number of hydrogen-bond donors (Lipinski definition) is 0. The number of benzene rings is 1. The average Bonchev–Trinajstić information content (AvgIpc) is 2.66. The van der Waals surface area contributed by atoms with Crippen LogP contribution in [0.1, 0.15) is 33.3 Å². The molecule has 0 aromatic heterocycles. The molecule has 1 fully saturated rings. The Balaban J connectivity index is 2.35. The Labute approximate surface area is 140 Å². The minimum absolute atomic E-state index is 0.0837. The van der Waals surface area contributed by atoms with Crippen molar-refractivity contribution in [1.29, 1.82) is 0 Å². The lowest BCUT2D eigenvalue weighted by Crippen LogP contribution is -2.41. The second-order valence-electron chi connectivity index (χ2n) is 6.68. The summed E-state index contributed by atoms with van der Waals surface area (Å²) in [6.07, 6.45) is -4.45. The van der Waals surface area contributed by atoms with Gasteiger partial charge in [0.15, 0.2) is 0 Å². The van der Waals surface area contributed by atoms with E-state index in [9.17, 15) is 13.2 Å². The summed E-state index contributed by atoms with van der Waals surface area (Å²) in [5, 5.41) is 0. The van der Waals surface area contributed by atoms with Gasteiger partial charge in [0.05, 0.1) is 23.4 Å². The lowest BCUT2D eigenvalue weighted by Gasteiger charge is -2.32. The average molecular weight is 346 g/mol. The van der Waals surface area contributed by atoms with E-state index in [1.165, 1.54) is 13.2 Å². The summed E-state index contributed by atoms with van der Waals surface area (Å²) >= 11 is 0. The molecule has 0 spiro atoms. The second-order valence-corrected chi connectivity index (χ2v) is 6.68. The molecular formula is C16H22BF3O4. The van der Waals surface area contributed by atoms with Gasteiger partial charge in [-0.3, -0.25) is 0 Å². The van der Waals surface area contributed by atoms with Crippen LogP contribution in [0.15, 0.2) is 18.2 Å². The molecule has 134 valence electrons. The van der Waals surface area contributed by atoms with E-state index in [1.54, 1.807) is 0 Å². The second kappa shape index (κ2) is 6.57. The monoisotopic (exact) mass is 346 g/mol. The first-order chi connectivity index (χ1) is 11.0. The van der Waals surface area contributed by atoms with Crippen LogP contribution >= 0.6 is 0 Å². The molecule has 0 radical (unpaired) electrons. The van der Waals surface area contributed by atoms with E-state index in [4.69, 9.17) is 18.8 Å². The van der Waals surface area contributed by atoms with Gasteiger partial charge in [-0.25, -0.2) is 0 Å². The summed E-state index contributed by atoms with van der Waals surface area (Å²) in [6.45, 7) is 7.90. The van der Waals surface area contributed by atoms with Crippen LogP contribution in [0.25, 0.3) is 0 Å². The Kier molecular flexibility index (Phi) is 5.23. The number of alkyl halides is 3. The Hall–Kier alpha value is -1.25. The van der Waals surface area contributed by atoms with Gasteiger partial charge in [0, 0.05) is 12.6 Å². The number of halogens is 3. The van der Waals surface area contributed by atoms with Crippen LogP contribution in [0, 0.1) is 0 Å². The highest BCUT2D eigenvalue weighted by Crippen LogP contribution is 2.38. The molecule has 1 heterocycles. The van der Waals surface area contributed by atoms with Gasteiger partial charge in [-0.15, -0.1) is 0 Å². The first-order valence-electron chi connectivity index (χ1n) is 7.66. The van der Waals surface area contributed by atoms with Crippen molar-refractivity contribution in [2.75, 3.05) is 20.3 Å². The van der Waals surface area contributed by atoms with Gasteiger partial charge in [-0.2, -0.15) is 13.2 Å². The molecule has 1 aliphatic rings. The zero-order valence-electron chi connectivity index (χ0n) is 14.5. The van der Waals surface area contributed by atoms with Crippen LogP contribution in [0.3, 0.4) is 0 Å². The largest absolute Gasteiger partial charge is 0.498 e. The molecule has 4 nitrogen and oxygen atoms in total. The first-order valence-corrected chi connectivity index (χ1v) is 7.66. The van der Waals surface area contributed by atoms with Crippen molar-refractivity contribution >= 4 is 12.6 Å². The highest BCUT2D eigenvalue weighted by Gasteiger charge is 2.52. The molecular weight excluding hydrogens is 324 g/mol. The van der Waals surface area contributed by atoms with Crippen LogP contribution < -0.4 is 10.2 Å². The SMILES string of the molecule is COCCOc1cc(C(F)(F)F)ccc1B1OC(C)(C)C(C)(C)O1. The van der Waals surface area contributed by atoms with E-state index in [-0.39, 0.29) is 19.0 Å². The molecule has 24 heavy (non-hydrogen) atoms. The van der Waals surface area contributed by atoms with Crippen LogP contribution in [0.2, 0.25) is 0 Å². The van der Waals surface area contributed by atoms with Crippen LogP contribution in [0.4, 0.5) is 13.2 Å². The number of ether oxygens (including phenoxy) is 2. The predicted molar refractivity (Wildman–Crippen MR) is 84.5 cm³/mol. The highest BCUT2D eigenvalue weighted by molar-refractivity contribution is 6.63. The fourth-order valence-corrected chi connectivity index (χ4v) is 2.24. The minimum Gasteiger partial charge on any atom is -0.492 e. The standard InChI is InChI=1S/C16H22BF3O4/c1-14(2)15(3,4)24-17(23-14)12-7-6-11(16(18,19)20)10-13(12)22-9-8-21-5/h6-7,10H,8-9H2,1-5H3. The summed E-state index contributed by atoms with van der Waals surface area (Å²) < 4.78 is 61.1. The summed E-state index contributed by atoms with van der Waals surface area (Å²) in [5.41, 5.74) is -1.54. The summed E-state index contributed by atoms with van der Waals surface area (Å²) in [5.74, 6) is 0.0837. The first kappa shape index (κ1) is 19.1. The van der Waals surface area contributed by atoms with Crippen molar-refractivity contribution in [3.8, 4) is 5.75 Å². The van der Waals surface area contributed by atoms with Crippen molar-refractivity contribution in [2.24, 2.45) is 0 Å². The van der Waals surface area contributed by atoms with Gasteiger partial charge >= 0.3 is 13.3 Å². The fraction of sp³-hybridized carbons (Fsp3) is 0.625. The molecule has 1 aromatic carbocycles. The fourth-order valence-electron chi connectivity index (χ4n) is 2.24. The molecule has 0 bridgehead atoms. The van der Waals surface area contributed by atoms with E-state index in [0.29, 0.717) is 5.46 Å². The molecule has 1 saturated heterocycles. The number of methoxy groups -OCH3 is 1. The summed E-state index contributed by atoms with van der Waals surface area (Å²) in [6, 6.07) is 3.31. The molecule has 0 saturated carbocycles. The molecule has 0 unspecified atom stereocenters. The number of rotatable bonds is 5. The molecule has 0 amide bonds. The normalized spacial score (nSPS) is 19.6. The molecule has 1 aromatic rings. The Morgan fingerprint density at radius 2 is 1.62 bits per heavy atom. The molecule has 0 N–H and O–H groups in total. The van der Waals surface area contributed by atoms with Crippen LogP contribution in [-0.2, 0) is 20.2 Å². The van der Waals surface area contributed by atoms with Crippen LogP contribution in [-0.4, -0.2) is 38.6 Å². The van der Waals surface area contributed by atoms with Gasteiger partial charge in [0.25, 0.3) is 0 Å². The Morgan fingerprint density at radius 1 is 1.04 bits per heavy atom. The molecule has 1 aliphatic heterocycles. The topological polar surface area (TPSA) is 36.9 Å². The van der Waals surface area contributed by atoms with Crippen molar-refractivity contribution in [3.05, 3.63) is 23.8 Å². The maximum absolute atomic E-state index is 13.0. The third kappa shape index (κ3) is 3.87. The van der Waals surface area contributed by atoms with Crippen molar-refractivity contribution in [2.45, 2.75) is 45.1 Å². The highest BCUT2D eigenvalue weighted by atomic mass is 19.4. The Bertz CT molecular complexity index is 571. The van der Waals surface area contributed by atoms with E-state index in [2.05, 4.69) is 0 Å². The quantitative estimate of drug-likeness (QED) is 0.607. The molecule has 0 atom stereocenters. The van der Waals surface area contributed by atoms with Gasteiger partial charge in [0.1, 0.15) is 12.4 Å². The Morgan fingerprint density at radius 3 is 2.12 bits per heavy atom. The third-order valence-electron chi connectivity index (χ3n) is 4.39. The third-order valence-corrected chi connectivity index (χ3v) is 4.39. The summed E-state index contributed by atoms with van der Waals surface area (Å²) in [4.78, 5) is 0. The van der Waals surface area contributed by atoms with Crippen molar-refractivity contribution < 1.29 is 32.0 Å². The van der Waals surface area contributed by atoms with E-state index in [1.807, 2.05) is 27.7 Å². The van der Waals surface area contributed by atoms with Gasteiger partial charge in [-0.1, -0.05) is 12.1 Å². The maximum atomic E-state index is 13.0. The zero-order valence-corrected chi connectivity index (χ0v) is 14.5. The van der Waals surface area contributed by atoms with Crippen LogP contribution in [0.5, 0.6) is 5.75 Å².